The van der Waals surface area contributed by atoms with Crippen molar-refractivity contribution in [3.05, 3.63) is 34.3 Å². The number of carbonyl (C=O) groups excluding carboxylic acids is 2. The van der Waals surface area contributed by atoms with E-state index in [0.717, 1.165) is 30.2 Å². The molecule has 1 saturated carbocycles. The van der Waals surface area contributed by atoms with Crippen molar-refractivity contribution in [3.8, 4) is 0 Å². The minimum Gasteiger partial charge on any atom is -0.319 e. The summed E-state index contributed by atoms with van der Waals surface area (Å²) in [4.78, 5) is 28.7. The Morgan fingerprint density at radius 2 is 2.00 bits per heavy atom. The lowest BCUT2D eigenvalue weighted by Crippen LogP contribution is -2.57. The number of rotatable bonds is 2. The van der Waals surface area contributed by atoms with Gasteiger partial charge in [-0.1, -0.05) is 40.9 Å². The summed E-state index contributed by atoms with van der Waals surface area (Å²) in [5.41, 5.74) is 6.23. The molecule has 1 aromatic carbocycles. The Hall–Kier alpha value is -1.53. The van der Waals surface area contributed by atoms with Gasteiger partial charge >= 0.3 is 0 Å². The molecular formula is C15H16BrN3O2. The molecule has 3 N–H and O–H groups in total. The number of amidine groups is 1. The Kier molecular flexibility index (Phi) is 3.67. The normalized spacial score (nSPS) is 24.7. The second-order valence-corrected chi connectivity index (χ2v) is 6.55. The summed E-state index contributed by atoms with van der Waals surface area (Å²) < 4.78 is 0.821. The van der Waals surface area contributed by atoms with Crippen LogP contribution in [0, 0.1) is 0 Å². The fourth-order valence-corrected chi connectivity index (χ4v) is 3.38. The number of halogens is 1. The predicted octanol–water partition coefficient (Wildman–Crippen LogP) is 1.86. The van der Waals surface area contributed by atoms with E-state index < -0.39 is 17.4 Å². The van der Waals surface area contributed by atoms with Crippen LogP contribution in [0.25, 0.3) is 0 Å². The van der Waals surface area contributed by atoms with Crippen molar-refractivity contribution in [2.24, 2.45) is 10.7 Å². The van der Waals surface area contributed by atoms with Crippen LogP contribution in [0.15, 0.2) is 33.7 Å². The van der Waals surface area contributed by atoms with Gasteiger partial charge in [0, 0.05) is 4.47 Å². The molecule has 1 fully saturated rings. The van der Waals surface area contributed by atoms with E-state index >= 15 is 0 Å². The molecule has 1 aliphatic heterocycles. The molecule has 1 aromatic rings. The first kappa shape index (κ1) is 14.4. The molecule has 21 heavy (non-hydrogen) atoms. The molecule has 3 rings (SSSR count). The van der Waals surface area contributed by atoms with Crippen molar-refractivity contribution < 1.29 is 9.59 Å². The van der Waals surface area contributed by atoms with Gasteiger partial charge in [0.25, 0.3) is 5.91 Å². The Balaban J connectivity index is 1.92. The van der Waals surface area contributed by atoms with Gasteiger partial charge in [-0.3, -0.25) is 9.59 Å². The summed E-state index contributed by atoms with van der Waals surface area (Å²) in [6.07, 6.45) is 3.49. The molecule has 0 aromatic heterocycles. The highest BCUT2D eigenvalue weighted by Gasteiger charge is 2.42. The van der Waals surface area contributed by atoms with E-state index in [-0.39, 0.29) is 5.91 Å². The van der Waals surface area contributed by atoms with Crippen molar-refractivity contribution in [2.75, 3.05) is 0 Å². The van der Waals surface area contributed by atoms with Gasteiger partial charge in [0.15, 0.2) is 0 Å². The molecule has 1 unspecified atom stereocenters. The number of nitrogens with one attached hydrogen (secondary N) is 1. The molecule has 0 spiro atoms. The van der Waals surface area contributed by atoms with Crippen molar-refractivity contribution in [1.29, 1.82) is 0 Å². The van der Waals surface area contributed by atoms with Gasteiger partial charge in [-0.15, -0.1) is 0 Å². The van der Waals surface area contributed by atoms with Gasteiger partial charge in [-0.2, -0.15) is 4.99 Å². The molecule has 110 valence electrons. The van der Waals surface area contributed by atoms with E-state index in [2.05, 4.69) is 26.2 Å². The molecule has 2 aliphatic rings. The van der Waals surface area contributed by atoms with Crippen molar-refractivity contribution in [1.82, 2.24) is 5.32 Å². The molecule has 1 heterocycles. The van der Waals surface area contributed by atoms with Crippen LogP contribution in [0.3, 0.4) is 0 Å². The van der Waals surface area contributed by atoms with Crippen LogP contribution in [0.4, 0.5) is 0 Å². The first-order valence-electron chi connectivity index (χ1n) is 6.98. The lowest BCUT2D eigenvalue weighted by molar-refractivity contribution is -0.130. The fourth-order valence-electron chi connectivity index (χ4n) is 2.96. The van der Waals surface area contributed by atoms with E-state index in [1.54, 1.807) is 18.2 Å². The Bertz CT molecular complexity index is 636. The number of nitrogens with two attached hydrogens (primary N) is 1. The van der Waals surface area contributed by atoms with Crippen LogP contribution >= 0.6 is 15.9 Å². The van der Waals surface area contributed by atoms with Gasteiger partial charge in [0.1, 0.15) is 11.8 Å². The summed E-state index contributed by atoms with van der Waals surface area (Å²) in [6, 6.07) is 7.15. The highest BCUT2D eigenvalue weighted by molar-refractivity contribution is 9.10. The number of benzene rings is 1. The number of nitrogens with zero attached hydrogens (tertiary/aromatic N) is 1. The summed E-state index contributed by atoms with van der Waals surface area (Å²) >= 11 is 3.34. The molecule has 0 bridgehead atoms. The van der Waals surface area contributed by atoms with E-state index in [9.17, 15) is 9.59 Å². The van der Waals surface area contributed by atoms with Gasteiger partial charge in [-0.25, -0.2) is 0 Å². The number of amides is 2. The Morgan fingerprint density at radius 3 is 2.62 bits per heavy atom. The second-order valence-electron chi connectivity index (χ2n) is 5.64. The monoisotopic (exact) mass is 349 g/mol. The zero-order chi connectivity index (χ0) is 15.0. The van der Waals surface area contributed by atoms with Gasteiger partial charge < -0.3 is 11.1 Å². The predicted molar refractivity (Wildman–Crippen MR) is 82.9 cm³/mol. The number of carbonyl (C=O) groups is 2. The highest BCUT2D eigenvalue weighted by atomic mass is 79.9. The molecular weight excluding hydrogens is 334 g/mol. The smallest absolute Gasteiger partial charge is 0.264 e. The average molecular weight is 350 g/mol. The Labute approximate surface area is 131 Å². The zero-order valence-corrected chi connectivity index (χ0v) is 13.0. The Morgan fingerprint density at radius 1 is 1.29 bits per heavy atom. The quantitative estimate of drug-likeness (QED) is 0.799. The largest absolute Gasteiger partial charge is 0.319 e. The SMILES string of the molecule is NC1(C2=NC(=O)C(c3cccc(Br)c3)C(=O)N2)CCCC1. The lowest BCUT2D eigenvalue weighted by atomic mass is 9.92. The van der Waals surface area contributed by atoms with Crippen molar-refractivity contribution in [3.63, 3.8) is 0 Å². The maximum atomic E-state index is 12.3. The van der Waals surface area contributed by atoms with E-state index in [0.29, 0.717) is 11.4 Å². The lowest BCUT2D eigenvalue weighted by Gasteiger charge is -2.30. The van der Waals surface area contributed by atoms with Crippen LogP contribution in [0.1, 0.15) is 37.2 Å². The first-order chi connectivity index (χ1) is 9.99. The minimum absolute atomic E-state index is 0.334. The zero-order valence-electron chi connectivity index (χ0n) is 11.4. The summed E-state index contributed by atoms with van der Waals surface area (Å²) in [6.45, 7) is 0. The van der Waals surface area contributed by atoms with Crippen molar-refractivity contribution >= 4 is 33.6 Å². The van der Waals surface area contributed by atoms with Crippen LogP contribution in [0.2, 0.25) is 0 Å². The number of hydrogen-bond acceptors (Lipinski definition) is 3. The maximum Gasteiger partial charge on any atom is 0.264 e. The topological polar surface area (TPSA) is 84.5 Å². The van der Waals surface area contributed by atoms with E-state index in [4.69, 9.17) is 5.73 Å². The summed E-state index contributed by atoms with van der Waals surface area (Å²) in [5.74, 6) is -1.35. The number of aliphatic imine (C=N–C) groups is 1. The number of hydrogen-bond donors (Lipinski definition) is 2. The molecule has 1 atom stereocenters. The third kappa shape index (κ3) is 2.65. The summed E-state index contributed by atoms with van der Waals surface area (Å²) in [7, 11) is 0. The molecule has 5 nitrogen and oxygen atoms in total. The fraction of sp³-hybridized carbons (Fsp3) is 0.400. The third-order valence-corrected chi connectivity index (χ3v) is 4.62. The molecule has 6 heteroatoms. The standard InChI is InChI=1S/C15H16BrN3O2/c16-10-5-3-4-9(8-10)11-12(20)18-14(19-13(11)21)15(17)6-1-2-7-15/h3-5,8,11H,1-2,6-7,17H2,(H,18,19,20,21). The highest BCUT2D eigenvalue weighted by Crippen LogP contribution is 2.31. The van der Waals surface area contributed by atoms with Crippen LogP contribution in [-0.4, -0.2) is 23.2 Å². The van der Waals surface area contributed by atoms with E-state index in [1.165, 1.54) is 0 Å². The van der Waals surface area contributed by atoms with Crippen LogP contribution in [0.5, 0.6) is 0 Å². The van der Waals surface area contributed by atoms with Crippen LogP contribution < -0.4 is 11.1 Å². The maximum absolute atomic E-state index is 12.3. The first-order valence-corrected chi connectivity index (χ1v) is 7.77. The molecule has 1 aliphatic carbocycles. The minimum atomic E-state index is -0.892. The molecule has 2 amide bonds. The van der Waals surface area contributed by atoms with Crippen LogP contribution in [-0.2, 0) is 9.59 Å². The van der Waals surface area contributed by atoms with Gasteiger partial charge in [0.05, 0.1) is 5.54 Å². The average Bonchev–Trinajstić information content (AvgIpc) is 2.86. The molecule has 0 radical (unpaired) electrons. The van der Waals surface area contributed by atoms with Gasteiger partial charge in [-0.05, 0) is 30.5 Å². The van der Waals surface area contributed by atoms with E-state index in [1.807, 2.05) is 6.07 Å². The van der Waals surface area contributed by atoms with Gasteiger partial charge in [0.2, 0.25) is 5.91 Å². The second kappa shape index (κ2) is 5.35. The summed E-state index contributed by atoms with van der Waals surface area (Å²) in [5, 5.41) is 2.75. The molecule has 0 saturated heterocycles. The third-order valence-electron chi connectivity index (χ3n) is 4.12. The van der Waals surface area contributed by atoms with Crippen molar-refractivity contribution in [2.45, 2.75) is 37.1 Å².